The fraction of sp³-hybridized carbons (Fsp3) is 0.400. The minimum absolute atomic E-state index is 0.0285. The minimum atomic E-state index is -0.148. The van der Waals surface area contributed by atoms with Crippen LogP contribution in [0.3, 0.4) is 0 Å². The third-order valence-corrected chi connectivity index (χ3v) is 3.34. The average molecular weight is 261 g/mol. The van der Waals surface area contributed by atoms with E-state index in [0.717, 1.165) is 23.2 Å². The second-order valence-corrected chi connectivity index (χ2v) is 4.78. The molecular formula is C15H20FN3. The van der Waals surface area contributed by atoms with E-state index in [2.05, 4.69) is 17.3 Å². The first-order chi connectivity index (χ1) is 9.11. The normalized spacial score (nSPS) is 12.6. The molecule has 0 spiro atoms. The number of rotatable bonds is 5. The number of hydrogen-bond donors (Lipinski definition) is 1. The van der Waals surface area contributed by atoms with Crippen molar-refractivity contribution in [3.8, 4) is 0 Å². The molecule has 0 bridgehead atoms. The third kappa shape index (κ3) is 3.20. The van der Waals surface area contributed by atoms with Crippen LogP contribution >= 0.6 is 0 Å². The zero-order chi connectivity index (χ0) is 13.8. The molecule has 2 aromatic rings. The summed E-state index contributed by atoms with van der Waals surface area (Å²) in [7, 11) is 1.91. The quantitative estimate of drug-likeness (QED) is 0.896. The lowest BCUT2D eigenvalue weighted by atomic mass is 10.0. The van der Waals surface area contributed by atoms with E-state index in [0.29, 0.717) is 6.54 Å². The van der Waals surface area contributed by atoms with E-state index in [1.165, 1.54) is 6.07 Å². The van der Waals surface area contributed by atoms with Gasteiger partial charge in [-0.3, -0.25) is 4.68 Å². The topological polar surface area (TPSA) is 29.9 Å². The van der Waals surface area contributed by atoms with E-state index < -0.39 is 0 Å². The Bertz CT molecular complexity index is 548. The van der Waals surface area contributed by atoms with Gasteiger partial charge >= 0.3 is 0 Å². The molecular weight excluding hydrogens is 241 g/mol. The van der Waals surface area contributed by atoms with Gasteiger partial charge in [0, 0.05) is 37.0 Å². The summed E-state index contributed by atoms with van der Waals surface area (Å²) in [6, 6.07) is 6.97. The summed E-state index contributed by atoms with van der Waals surface area (Å²) in [5, 5.41) is 7.71. The van der Waals surface area contributed by atoms with Gasteiger partial charge in [0.25, 0.3) is 0 Å². The second-order valence-electron chi connectivity index (χ2n) is 4.78. The molecule has 0 saturated heterocycles. The highest BCUT2D eigenvalue weighted by Crippen LogP contribution is 2.20. The highest BCUT2D eigenvalue weighted by Gasteiger charge is 2.13. The molecule has 0 amide bonds. The maximum absolute atomic E-state index is 13.8. The number of aryl methyl sites for hydroxylation is 2. The van der Waals surface area contributed by atoms with Gasteiger partial charge in [0.15, 0.2) is 0 Å². The lowest BCUT2D eigenvalue weighted by Crippen LogP contribution is -2.21. The van der Waals surface area contributed by atoms with Gasteiger partial charge in [-0.1, -0.05) is 25.1 Å². The Labute approximate surface area is 113 Å². The van der Waals surface area contributed by atoms with E-state index in [-0.39, 0.29) is 11.9 Å². The van der Waals surface area contributed by atoms with Crippen LogP contribution in [0.4, 0.5) is 4.39 Å². The molecule has 1 atom stereocenters. The summed E-state index contributed by atoms with van der Waals surface area (Å²) in [5.74, 6) is -0.148. The van der Waals surface area contributed by atoms with E-state index in [1.807, 2.05) is 32.3 Å². The Morgan fingerprint density at radius 2 is 2.11 bits per heavy atom. The van der Waals surface area contributed by atoms with Gasteiger partial charge in [-0.05, 0) is 19.4 Å². The number of aromatic nitrogens is 2. The summed E-state index contributed by atoms with van der Waals surface area (Å²) in [6.07, 6.45) is 2.84. The van der Waals surface area contributed by atoms with Crippen molar-refractivity contribution >= 4 is 0 Å². The molecule has 0 aliphatic rings. The van der Waals surface area contributed by atoms with Crippen molar-refractivity contribution < 1.29 is 4.39 Å². The van der Waals surface area contributed by atoms with Gasteiger partial charge in [-0.15, -0.1) is 0 Å². The fourth-order valence-electron chi connectivity index (χ4n) is 2.29. The number of nitrogens with zero attached hydrogens (tertiary/aromatic N) is 2. The molecule has 1 aromatic carbocycles. The monoisotopic (exact) mass is 261 g/mol. The molecule has 102 valence electrons. The number of benzene rings is 1. The summed E-state index contributed by atoms with van der Waals surface area (Å²) in [4.78, 5) is 0. The van der Waals surface area contributed by atoms with Gasteiger partial charge in [-0.25, -0.2) is 4.39 Å². The van der Waals surface area contributed by atoms with Crippen LogP contribution in [-0.2, 0) is 13.6 Å². The van der Waals surface area contributed by atoms with E-state index >= 15 is 0 Å². The molecule has 0 aliphatic carbocycles. The predicted molar refractivity (Wildman–Crippen MR) is 74.2 cm³/mol. The van der Waals surface area contributed by atoms with Crippen LogP contribution in [0.15, 0.2) is 30.5 Å². The first kappa shape index (κ1) is 13.7. The summed E-state index contributed by atoms with van der Waals surface area (Å²) in [5.41, 5.74) is 2.89. The van der Waals surface area contributed by atoms with Crippen LogP contribution in [0, 0.1) is 12.7 Å². The summed E-state index contributed by atoms with van der Waals surface area (Å²) >= 11 is 0. The van der Waals surface area contributed by atoms with Crippen molar-refractivity contribution in [2.75, 3.05) is 0 Å². The first-order valence-electron chi connectivity index (χ1n) is 6.58. The van der Waals surface area contributed by atoms with Crippen LogP contribution in [-0.4, -0.2) is 9.78 Å². The second kappa shape index (κ2) is 5.97. The standard InChI is InChI=1S/C15H20FN3/c1-4-15(13-7-5-6-8-14(13)16)17-9-12-10-19(3)18-11(12)2/h5-8,10,15,17H,4,9H2,1-3H3. The molecule has 3 nitrogen and oxygen atoms in total. The largest absolute Gasteiger partial charge is 0.306 e. The van der Waals surface area contributed by atoms with Crippen molar-refractivity contribution in [1.29, 1.82) is 0 Å². The molecule has 0 aliphatic heterocycles. The van der Waals surface area contributed by atoms with E-state index in [4.69, 9.17) is 0 Å². The molecule has 1 aromatic heterocycles. The Morgan fingerprint density at radius 3 is 2.68 bits per heavy atom. The highest BCUT2D eigenvalue weighted by atomic mass is 19.1. The predicted octanol–water partition coefficient (Wildman–Crippen LogP) is 3.11. The van der Waals surface area contributed by atoms with Crippen molar-refractivity contribution in [1.82, 2.24) is 15.1 Å². The van der Waals surface area contributed by atoms with E-state index in [9.17, 15) is 4.39 Å². The fourth-order valence-corrected chi connectivity index (χ4v) is 2.29. The Morgan fingerprint density at radius 1 is 1.37 bits per heavy atom. The smallest absolute Gasteiger partial charge is 0.127 e. The Hall–Kier alpha value is -1.68. The van der Waals surface area contributed by atoms with Gasteiger partial charge in [0.1, 0.15) is 5.82 Å². The van der Waals surface area contributed by atoms with Crippen LogP contribution in [0.2, 0.25) is 0 Å². The highest BCUT2D eigenvalue weighted by molar-refractivity contribution is 5.22. The maximum Gasteiger partial charge on any atom is 0.127 e. The van der Waals surface area contributed by atoms with Crippen molar-refractivity contribution in [3.05, 3.63) is 53.1 Å². The van der Waals surface area contributed by atoms with Gasteiger partial charge in [-0.2, -0.15) is 5.10 Å². The molecule has 1 heterocycles. The minimum Gasteiger partial charge on any atom is -0.306 e. The van der Waals surface area contributed by atoms with Gasteiger partial charge < -0.3 is 5.32 Å². The molecule has 2 rings (SSSR count). The average Bonchev–Trinajstić information content (AvgIpc) is 2.70. The number of nitrogens with one attached hydrogen (secondary N) is 1. The lowest BCUT2D eigenvalue weighted by Gasteiger charge is -2.17. The number of halogens is 1. The molecule has 1 N–H and O–H groups in total. The zero-order valence-corrected chi connectivity index (χ0v) is 11.7. The summed E-state index contributed by atoms with van der Waals surface area (Å²) in [6.45, 7) is 4.74. The lowest BCUT2D eigenvalue weighted by molar-refractivity contribution is 0.487. The van der Waals surface area contributed by atoms with Crippen molar-refractivity contribution in [3.63, 3.8) is 0 Å². The van der Waals surface area contributed by atoms with Crippen LogP contribution in [0.25, 0.3) is 0 Å². The number of hydrogen-bond acceptors (Lipinski definition) is 2. The third-order valence-electron chi connectivity index (χ3n) is 3.34. The van der Waals surface area contributed by atoms with E-state index in [1.54, 1.807) is 10.7 Å². The van der Waals surface area contributed by atoms with Crippen LogP contribution in [0.1, 0.15) is 36.2 Å². The summed E-state index contributed by atoms with van der Waals surface area (Å²) < 4.78 is 15.6. The molecule has 19 heavy (non-hydrogen) atoms. The SMILES string of the molecule is CCC(NCc1cn(C)nc1C)c1ccccc1F. The molecule has 1 unspecified atom stereocenters. The van der Waals surface area contributed by atoms with Crippen molar-refractivity contribution in [2.24, 2.45) is 7.05 Å². The Kier molecular flexibility index (Phi) is 4.32. The molecule has 0 saturated carbocycles. The first-order valence-corrected chi connectivity index (χ1v) is 6.58. The maximum atomic E-state index is 13.8. The molecule has 4 heteroatoms. The van der Waals surface area contributed by atoms with Crippen LogP contribution < -0.4 is 5.32 Å². The van der Waals surface area contributed by atoms with Gasteiger partial charge in [0.2, 0.25) is 0 Å². The van der Waals surface area contributed by atoms with Gasteiger partial charge in [0.05, 0.1) is 5.69 Å². The molecule has 0 radical (unpaired) electrons. The molecule has 0 fully saturated rings. The Balaban J connectivity index is 2.08. The zero-order valence-electron chi connectivity index (χ0n) is 11.7. The van der Waals surface area contributed by atoms with Crippen molar-refractivity contribution in [2.45, 2.75) is 32.9 Å². The van der Waals surface area contributed by atoms with Crippen LogP contribution in [0.5, 0.6) is 0 Å².